The maximum atomic E-state index is 12.5. The smallest absolute Gasteiger partial charge is 0.269 e. The van der Waals surface area contributed by atoms with Gasteiger partial charge in [0, 0.05) is 23.9 Å². The summed E-state index contributed by atoms with van der Waals surface area (Å²) in [4.78, 5) is 22.7. The number of nitrogens with zero attached hydrogens (tertiary/aromatic N) is 1. The van der Waals surface area contributed by atoms with E-state index in [1.165, 1.54) is 12.1 Å². The van der Waals surface area contributed by atoms with E-state index in [1.807, 2.05) is 0 Å². The van der Waals surface area contributed by atoms with E-state index in [0.29, 0.717) is 23.1 Å². The highest BCUT2D eigenvalue weighted by Crippen LogP contribution is 2.48. The van der Waals surface area contributed by atoms with Gasteiger partial charge < -0.3 is 11.1 Å². The van der Waals surface area contributed by atoms with Crippen molar-refractivity contribution >= 4 is 17.3 Å². The number of hydrogen-bond donors (Lipinski definition) is 2. The Hall–Kier alpha value is -1.95. The van der Waals surface area contributed by atoms with Crippen molar-refractivity contribution in [3.05, 3.63) is 33.9 Å². The number of hydrogen-bond acceptors (Lipinski definition) is 4. The molecule has 2 fully saturated rings. The molecule has 0 spiro atoms. The van der Waals surface area contributed by atoms with Gasteiger partial charge in [0.15, 0.2) is 0 Å². The third kappa shape index (κ3) is 2.40. The molecule has 2 saturated carbocycles. The largest absolute Gasteiger partial charge is 0.327 e. The highest BCUT2D eigenvalue weighted by Gasteiger charge is 2.49. The average Bonchev–Trinajstić information content (AvgIpc) is 3.01. The van der Waals surface area contributed by atoms with Crippen LogP contribution >= 0.6 is 0 Å². The maximum Gasteiger partial charge on any atom is 0.269 e. The van der Waals surface area contributed by atoms with Gasteiger partial charge >= 0.3 is 0 Å². The van der Waals surface area contributed by atoms with Gasteiger partial charge in [0.2, 0.25) is 5.91 Å². The number of amides is 1. The summed E-state index contributed by atoms with van der Waals surface area (Å²) in [6.45, 7) is 1.75. The average molecular weight is 289 g/mol. The van der Waals surface area contributed by atoms with E-state index in [-0.39, 0.29) is 23.6 Å². The molecule has 1 amide bonds. The Labute approximate surface area is 122 Å². The van der Waals surface area contributed by atoms with Gasteiger partial charge in [-0.3, -0.25) is 14.9 Å². The molecule has 0 aliphatic heterocycles. The number of anilines is 1. The Balaban J connectivity index is 1.75. The Bertz CT molecular complexity index is 600. The number of nitrogens with two attached hydrogens (primary N) is 1. The van der Waals surface area contributed by atoms with Crippen LogP contribution in [0.2, 0.25) is 0 Å². The van der Waals surface area contributed by atoms with Crippen molar-refractivity contribution in [2.24, 2.45) is 23.5 Å². The number of carbonyl (C=O) groups is 1. The molecule has 21 heavy (non-hydrogen) atoms. The van der Waals surface area contributed by atoms with Crippen molar-refractivity contribution in [3.63, 3.8) is 0 Å². The lowest BCUT2D eigenvalue weighted by Crippen LogP contribution is -2.42. The van der Waals surface area contributed by atoms with E-state index in [9.17, 15) is 14.9 Å². The van der Waals surface area contributed by atoms with Crippen LogP contribution in [0.4, 0.5) is 11.4 Å². The molecular formula is C15H19N3O3. The first-order valence-electron chi connectivity index (χ1n) is 7.29. The molecule has 6 nitrogen and oxygen atoms in total. The van der Waals surface area contributed by atoms with Crippen LogP contribution in [0, 0.1) is 34.8 Å². The first-order chi connectivity index (χ1) is 9.97. The molecule has 1 aromatic rings. The quantitative estimate of drug-likeness (QED) is 0.658. The van der Waals surface area contributed by atoms with Crippen LogP contribution in [-0.4, -0.2) is 16.9 Å². The number of non-ortho nitro benzene ring substituents is 1. The minimum atomic E-state index is -0.440. The van der Waals surface area contributed by atoms with Gasteiger partial charge in [-0.1, -0.05) is 0 Å². The predicted octanol–water partition coefficient (Wildman–Crippen LogP) is 2.22. The summed E-state index contributed by atoms with van der Waals surface area (Å²) in [6.07, 6.45) is 3.26. The fourth-order valence-electron chi connectivity index (χ4n) is 3.84. The maximum absolute atomic E-state index is 12.5. The lowest BCUT2D eigenvalue weighted by Gasteiger charge is -2.27. The molecule has 1 aromatic carbocycles. The van der Waals surface area contributed by atoms with E-state index < -0.39 is 4.92 Å². The molecule has 0 aromatic heterocycles. The van der Waals surface area contributed by atoms with Gasteiger partial charge in [-0.25, -0.2) is 0 Å². The van der Waals surface area contributed by atoms with Crippen molar-refractivity contribution < 1.29 is 9.72 Å². The zero-order chi connectivity index (χ0) is 15.1. The van der Waals surface area contributed by atoms with Crippen molar-refractivity contribution in [1.29, 1.82) is 0 Å². The van der Waals surface area contributed by atoms with Gasteiger partial charge in [-0.15, -0.1) is 0 Å². The monoisotopic (exact) mass is 289 g/mol. The van der Waals surface area contributed by atoms with Gasteiger partial charge in [0.25, 0.3) is 5.69 Å². The SMILES string of the molecule is Cc1cc([N+](=O)[O-])ccc1NC(=O)C1C2CCC(C2)C1N. The summed E-state index contributed by atoms with van der Waals surface area (Å²) < 4.78 is 0. The van der Waals surface area contributed by atoms with Gasteiger partial charge in [0.05, 0.1) is 10.8 Å². The fourth-order valence-corrected chi connectivity index (χ4v) is 3.84. The van der Waals surface area contributed by atoms with Crippen LogP contribution in [-0.2, 0) is 4.79 Å². The number of aryl methyl sites for hydroxylation is 1. The van der Waals surface area contributed by atoms with E-state index in [2.05, 4.69) is 5.32 Å². The molecule has 4 unspecified atom stereocenters. The summed E-state index contributed by atoms with van der Waals surface area (Å²) in [5.41, 5.74) is 7.51. The first kappa shape index (κ1) is 14.0. The van der Waals surface area contributed by atoms with Crippen LogP contribution in [0.25, 0.3) is 0 Å². The number of benzene rings is 1. The number of nitro groups is 1. The third-order valence-electron chi connectivity index (χ3n) is 4.96. The second kappa shape index (κ2) is 5.11. The Morgan fingerprint density at radius 1 is 1.38 bits per heavy atom. The molecule has 6 heteroatoms. The molecule has 0 saturated heterocycles. The van der Waals surface area contributed by atoms with Gasteiger partial charge in [-0.05, 0) is 49.7 Å². The minimum absolute atomic E-state index is 0.0297. The Morgan fingerprint density at radius 3 is 2.67 bits per heavy atom. The van der Waals surface area contributed by atoms with E-state index in [1.54, 1.807) is 13.0 Å². The van der Waals surface area contributed by atoms with Crippen LogP contribution in [0.15, 0.2) is 18.2 Å². The van der Waals surface area contributed by atoms with Gasteiger partial charge in [-0.2, -0.15) is 0 Å². The number of nitrogens with one attached hydrogen (secondary N) is 1. The molecule has 3 N–H and O–H groups in total. The lowest BCUT2D eigenvalue weighted by molar-refractivity contribution is -0.384. The van der Waals surface area contributed by atoms with Crippen molar-refractivity contribution in [2.75, 3.05) is 5.32 Å². The fraction of sp³-hybridized carbons (Fsp3) is 0.533. The zero-order valence-corrected chi connectivity index (χ0v) is 11.9. The summed E-state index contributed by atoms with van der Waals surface area (Å²) in [7, 11) is 0. The van der Waals surface area contributed by atoms with Gasteiger partial charge in [0.1, 0.15) is 0 Å². The number of nitro benzene ring substituents is 1. The van der Waals surface area contributed by atoms with Crippen molar-refractivity contribution in [2.45, 2.75) is 32.2 Å². The second-order valence-corrected chi connectivity index (χ2v) is 6.18. The summed E-state index contributed by atoms with van der Waals surface area (Å²) in [6, 6.07) is 4.41. The molecule has 0 radical (unpaired) electrons. The van der Waals surface area contributed by atoms with Crippen LogP contribution < -0.4 is 11.1 Å². The van der Waals surface area contributed by atoms with Crippen LogP contribution in [0.5, 0.6) is 0 Å². The summed E-state index contributed by atoms with van der Waals surface area (Å²) >= 11 is 0. The Morgan fingerprint density at radius 2 is 2.10 bits per heavy atom. The van der Waals surface area contributed by atoms with E-state index in [0.717, 1.165) is 19.3 Å². The lowest BCUT2D eigenvalue weighted by atomic mass is 9.84. The van der Waals surface area contributed by atoms with Crippen molar-refractivity contribution in [1.82, 2.24) is 0 Å². The number of rotatable bonds is 3. The minimum Gasteiger partial charge on any atom is -0.327 e. The van der Waals surface area contributed by atoms with E-state index >= 15 is 0 Å². The first-order valence-corrected chi connectivity index (χ1v) is 7.29. The molecular weight excluding hydrogens is 270 g/mol. The molecule has 2 aliphatic carbocycles. The topological polar surface area (TPSA) is 98.3 Å². The standard InChI is InChI=1S/C15H19N3O3/c1-8-6-11(18(20)21)4-5-12(8)17-15(19)13-9-2-3-10(7-9)14(13)16/h4-6,9-10,13-14H,2-3,7,16H2,1H3,(H,17,19). The predicted molar refractivity (Wildman–Crippen MR) is 78.8 cm³/mol. The summed E-state index contributed by atoms with van der Waals surface area (Å²) in [5.74, 6) is 0.692. The van der Waals surface area contributed by atoms with Crippen LogP contribution in [0.3, 0.4) is 0 Å². The molecule has 3 rings (SSSR count). The zero-order valence-electron chi connectivity index (χ0n) is 11.9. The number of fused-ring (bicyclic) bond motifs is 2. The molecule has 2 bridgehead atoms. The van der Waals surface area contributed by atoms with Crippen LogP contribution in [0.1, 0.15) is 24.8 Å². The highest BCUT2D eigenvalue weighted by atomic mass is 16.6. The summed E-state index contributed by atoms with van der Waals surface area (Å²) in [5, 5.41) is 13.6. The van der Waals surface area contributed by atoms with E-state index in [4.69, 9.17) is 5.73 Å². The molecule has 0 heterocycles. The normalized spacial score (nSPS) is 30.4. The van der Waals surface area contributed by atoms with Crippen molar-refractivity contribution in [3.8, 4) is 0 Å². The third-order valence-corrected chi connectivity index (χ3v) is 4.96. The molecule has 4 atom stereocenters. The number of carbonyl (C=O) groups excluding carboxylic acids is 1. The second-order valence-electron chi connectivity index (χ2n) is 6.18. The Kier molecular flexibility index (Phi) is 3.41. The molecule has 112 valence electrons. The highest BCUT2D eigenvalue weighted by molar-refractivity contribution is 5.94. The molecule has 2 aliphatic rings.